The van der Waals surface area contributed by atoms with E-state index in [2.05, 4.69) is 38.5 Å². The number of anilines is 1. The first kappa shape index (κ1) is 12.9. The zero-order chi connectivity index (χ0) is 13.2. The van der Waals surface area contributed by atoms with Crippen LogP contribution in [-0.4, -0.2) is 15.8 Å². The van der Waals surface area contributed by atoms with E-state index in [1.54, 1.807) is 10.9 Å². The molecule has 0 aromatic carbocycles. The molecule has 0 aliphatic heterocycles. The lowest BCUT2D eigenvalue weighted by Crippen LogP contribution is -2.27. The maximum atomic E-state index is 12.2. The Morgan fingerprint density at radius 3 is 2.89 bits per heavy atom. The van der Waals surface area contributed by atoms with Crippen LogP contribution < -0.4 is 10.9 Å². The summed E-state index contributed by atoms with van der Waals surface area (Å²) >= 11 is 3.41. The smallest absolute Gasteiger partial charge is 0.283 e. The Balaban J connectivity index is 1.76. The van der Waals surface area contributed by atoms with Gasteiger partial charge in [0.1, 0.15) is 4.47 Å². The van der Waals surface area contributed by atoms with Crippen molar-refractivity contribution in [1.29, 1.82) is 0 Å². The number of hydrogen-bond acceptors (Lipinski definition) is 3. The minimum atomic E-state index is -0.0248. The van der Waals surface area contributed by atoms with Crippen molar-refractivity contribution in [3.05, 3.63) is 33.2 Å². The molecule has 0 saturated heterocycles. The molecule has 0 bridgehead atoms. The third-order valence-electron chi connectivity index (χ3n) is 3.74. The van der Waals surface area contributed by atoms with Gasteiger partial charge in [0.15, 0.2) is 0 Å². The van der Waals surface area contributed by atoms with Gasteiger partial charge in [0.25, 0.3) is 5.56 Å². The fourth-order valence-corrected chi connectivity index (χ4v) is 2.81. The van der Waals surface area contributed by atoms with E-state index in [0.717, 1.165) is 31.5 Å². The maximum absolute atomic E-state index is 12.2. The molecule has 1 heterocycles. The third kappa shape index (κ3) is 3.08. The lowest BCUT2D eigenvalue weighted by molar-refractivity contribution is 0.531. The van der Waals surface area contributed by atoms with Gasteiger partial charge in [-0.3, -0.25) is 4.79 Å². The first-order chi connectivity index (χ1) is 9.24. The van der Waals surface area contributed by atoms with Crippen molar-refractivity contribution >= 4 is 21.6 Å². The number of allylic oxidation sites excluding steroid dienone is 1. The summed E-state index contributed by atoms with van der Waals surface area (Å²) in [4.78, 5) is 12.2. The quantitative estimate of drug-likeness (QED) is 0.866. The average Bonchev–Trinajstić information content (AvgIpc) is 3.24. The number of nitrogens with zero attached hydrogens (tertiary/aromatic N) is 2. The molecule has 2 aliphatic carbocycles. The second kappa shape index (κ2) is 5.49. The predicted octanol–water partition coefficient (Wildman–Crippen LogP) is 2.94. The monoisotopic (exact) mass is 323 g/mol. The van der Waals surface area contributed by atoms with Crippen LogP contribution in [0.25, 0.3) is 0 Å². The fraction of sp³-hybridized carbons (Fsp3) is 0.571. The van der Waals surface area contributed by atoms with E-state index in [0.29, 0.717) is 16.4 Å². The van der Waals surface area contributed by atoms with Crippen LogP contribution in [0.15, 0.2) is 27.6 Å². The molecule has 5 heteroatoms. The molecule has 1 saturated carbocycles. The van der Waals surface area contributed by atoms with Gasteiger partial charge >= 0.3 is 0 Å². The number of nitrogens with one attached hydrogen (secondary N) is 1. The van der Waals surface area contributed by atoms with Gasteiger partial charge in [-0.2, -0.15) is 5.10 Å². The molecule has 1 fully saturated rings. The summed E-state index contributed by atoms with van der Waals surface area (Å²) in [6.07, 6.45) is 11.8. The normalized spacial score (nSPS) is 22.5. The molecule has 0 radical (unpaired) electrons. The highest BCUT2D eigenvalue weighted by Gasteiger charge is 2.23. The summed E-state index contributed by atoms with van der Waals surface area (Å²) < 4.78 is 2.19. The van der Waals surface area contributed by atoms with Gasteiger partial charge in [0.05, 0.1) is 11.9 Å². The molecule has 102 valence electrons. The largest absolute Gasteiger partial charge is 0.380 e. The molecule has 1 N–H and O–H groups in total. The second-order valence-electron chi connectivity index (χ2n) is 5.43. The third-order valence-corrected chi connectivity index (χ3v) is 4.51. The van der Waals surface area contributed by atoms with E-state index in [1.165, 1.54) is 12.8 Å². The van der Waals surface area contributed by atoms with Crippen LogP contribution in [-0.2, 0) is 6.54 Å². The summed E-state index contributed by atoms with van der Waals surface area (Å²) in [7, 11) is 0. The first-order valence-electron chi connectivity index (χ1n) is 6.91. The number of rotatable bonds is 4. The highest BCUT2D eigenvalue weighted by atomic mass is 79.9. The second-order valence-corrected chi connectivity index (χ2v) is 6.22. The predicted molar refractivity (Wildman–Crippen MR) is 79.3 cm³/mol. The van der Waals surface area contributed by atoms with Crippen molar-refractivity contribution in [1.82, 2.24) is 9.78 Å². The number of halogens is 1. The lowest BCUT2D eigenvalue weighted by atomic mass is 10.0. The van der Waals surface area contributed by atoms with Crippen molar-refractivity contribution in [2.45, 2.75) is 44.7 Å². The van der Waals surface area contributed by atoms with Crippen LogP contribution in [0.2, 0.25) is 0 Å². The molecule has 4 nitrogen and oxygen atoms in total. The van der Waals surface area contributed by atoms with Crippen molar-refractivity contribution in [2.75, 3.05) is 5.32 Å². The van der Waals surface area contributed by atoms with Crippen molar-refractivity contribution in [2.24, 2.45) is 5.92 Å². The van der Waals surface area contributed by atoms with Crippen molar-refractivity contribution < 1.29 is 0 Å². The molecule has 1 atom stereocenters. The Morgan fingerprint density at radius 1 is 1.37 bits per heavy atom. The van der Waals surface area contributed by atoms with Crippen LogP contribution in [0.5, 0.6) is 0 Å². The molecule has 2 aliphatic rings. The van der Waals surface area contributed by atoms with Crippen LogP contribution in [0.3, 0.4) is 0 Å². The fourth-order valence-electron chi connectivity index (χ4n) is 2.39. The van der Waals surface area contributed by atoms with Gasteiger partial charge in [-0.1, -0.05) is 12.2 Å². The minimum Gasteiger partial charge on any atom is -0.380 e. The standard InChI is InChI=1S/C14H18BrN3O/c15-13-12(17-11-4-2-1-3-5-11)8-16-18(14(13)19)9-10-6-7-10/h1-2,8,10-11,17H,3-7,9H2. The first-order valence-corrected chi connectivity index (χ1v) is 7.70. The van der Waals surface area contributed by atoms with Crippen molar-refractivity contribution in [3.8, 4) is 0 Å². The Bertz CT molecular complexity index is 548. The summed E-state index contributed by atoms with van der Waals surface area (Å²) in [5.74, 6) is 0.652. The summed E-state index contributed by atoms with van der Waals surface area (Å²) in [6, 6.07) is 0.404. The Morgan fingerprint density at radius 2 is 2.21 bits per heavy atom. The van der Waals surface area contributed by atoms with Gasteiger partial charge < -0.3 is 5.32 Å². The van der Waals surface area contributed by atoms with E-state index in [9.17, 15) is 4.79 Å². The Kier molecular flexibility index (Phi) is 3.73. The molecule has 0 amide bonds. The summed E-state index contributed by atoms with van der Waals surface area (Å²) in [5.41, 5.74) is 0.792. The summed E-state index contributed by atoms with van der Waals surface area (Å²) in [6.45, 7) is 0.754. The van der Waals surface area contributed by atoms with Gasteiger partial charge in [-0.25, -0.2) is 4.68 Å². The highest BCUT2D eigenvalue weighted by Crippen LogP contribution is 2.30. The molecule has 0 spiro atoms. The van der Waals surface area contributed by atoms with Crippen LogP contribution in [0.1, 0.15) is 32.1 Å². The van der Waals surface area contributed by atoms with Crippen LogP contribution in [0, 0.1) is 5.92 Å². The van der Waals surface area contributed by atoms with Crippen molar-refractivity contribution in [3.63, 3.8) is 0 Å². The zero-order valence-corrected chi connectivity index (χ0v) is 12.4. The van der Waals surface area contributed by atoms with E-state index < -0.39 is 0 Å². The Hall–Kier alpha value is -1.10. The maximum Gasteiger partial charge on any atom is 0.283 e. The molecular weight excluding hydrogens is 306 g/mol. The molecule has 3 rings (SSSR count). The highest BCUT2D eigenvalue weighted by molar-refractivity contribution is 9.10. The van der Waals surface area contributed by atoms with Crippen LogP contribution in [0.4, 0.5) is 5.69 Å². The number of aromatic nitrogens is 2. The molecule has 1 aromatic rings. The molecular formula is C14H18BrN3O. The van der Waals surface area contributed by atoms with E-state index in [1.807, 2.05) is 0 Å². The summed E-state index contributed by atoms with van der Waals surface area (Å²) in [5, 5.41) is 7.69. The average molecular weight is 324 g/mol. The number of hydrogen-bond donors (Lipinski definition) is 1. The zero-order valence-electron chi connectivity index (χ0n) is 10.8. The lowest BCUT2D eigenvalue weighted by Gasteiger charge is -2.21. The topological polar surface area (TPSA) is 46.9 Å². The minimum absolute atomic E-state index is 0.0248. The molecule has 1 aromatic heterocycles. The van der Waals surface area contributed by atoms with Gasteiger partial charge in [0.2, 0.25) is 0 Å². The Labute approximate surface area is 121 Å². The van der Waals surface area contributed by atoms with Gasteiger partial charge in [-0.15, -0.1) is 0 Å². The van der Waals surface area contributed by atoms with Gasteiger partial charge in [-0.05, 0) is 54.0 Å². The van der Waals surface area contributed by atoms with Crippen LogP contribution >= 0.6 is 15.9 Å². The SMILES string of the molecule is O=c1c(Br)c(NC2CC=CCC2)cnn1CC1CC1. The van der Waals surface area contributed by atoms with E-state index in [-0.39, 0.29) is 5.56 Å². The van der Waals surface area contributed by atoms with Gasteiger partial charge in [0, 0.05) is 12.6 Å². The van der Waals surface area contributed by atoms with E-state index in [4.69, 9.17) is 0 Å². The molecule has 19 heavy (non-hydrogen) atoms. The molecule has 1 unspecified atom stereocenters. The van der Waals surface area contributed by atoms with E-state index >= 15 is 0 Å².